The Hall–Kier alpha value is -2.07. The highest BCUT2D eigenvalue weighted by molar-refractivity contribution is 5.85. The molecule has 0 bridgehead atoms. The van der Waals surface area contributed by atoms with Crippen LogP contribution in [0.5, 0.6) is 5.88 Å². The van der Waals surface area contributed by atoms with Gasteiger partial charge in [0, 0.05) is 11.8 Å². The molecule has 0 atom stereocenters. The van der Waals surface area contributed by atoms with Crippen LogP contribution in [-0.2, 0) is 0 Å². The van der Waals surface area contributed by atoms with E-state index < -0.39 is 0 Å². The first-order valence-electron chi connectivity index (χ1n) is 5.35. The lowest BCUT2D eigenvalue weighted by Gasteiger charge is -2.01. The van der Waals surface area contributed by atoms with Gasteiger partial charge in [-0.25, -0.2) is 4.98 Å². The normalized spacial score (nSPS) is 10.3. The first-order valence-corrected chi connectivity index (χ1v) is 5.35. The number of benzene rings is 1. The predicted molar refractivity (Wildman–Crippen MR) is 72.1 cm³/mol. The van der Waals surface area contributed by atoms with E-state index in [1.165, 1.54) is 0 Å². The van der Waals surface area contributed by atoms with Crippen molar-refractivity contribution in [3.8, 4) is 17.1 Å². The third-order valence-electron chi connectivity index (χ3n) is 2.72. The summed E-state index contributed by atoms with van der Waals surface area (Å²) >= 11 is 0. The van der Waals surface area contributed by atoms with Crippen LogP contribution in [0.4, 0.5) is 0 Å². The molecule has 0 saturated heterocycles. The van der Waals surface area contributed by atoms with E-state index in [-0.39, 0.29) is 18.3 Å². The van der Waals surface area contributed by atoms with Gasteiger partial charge in [0.2, 0.25) is 5.88 Å². The third-order valence-corrected chi connectivity index (χ3v) is 2.72. The zero-order valence-electron chi connectivity index (χ0n) is 9.74. The van der Waals surface area contributed by atoms with Crippen LogP contribution in [0.25, 0.3) is 16.9 Å². The molecule has 0 spiro atoms. The summed E-state index contributed by atoms with van der Waals surface area (Å²) in [6, 6.07) is 9.84. The van der Waals surface area contributed by atoms with Crippen molar-refractivity contribution in [1.82, 2.24) is 14.4 Å². The summed E-state index contributed by atoms with van der Waals surface area (Å²) in [6.07, 6.45) is 3.45. The van der Waals surface area contributed by atoms with Gasteiger partial charge in [0.1, 0.15) is 5.69 Å². The highest BCUT2D eigenvalue weighted by atomic mass is 35.5. The average molecular weight is 262 g/mol. The Labute approximate surface area is 110 Å². The molecular formula is C13H12ClN3O. The standard InChI is InChI=1S/C13H11N3O.ClH/c1-9-13(17)16-8-11(14-7-12(16)15-9)10-5-3-2-4-6-10;/h2-8,17H,1H3;1H. The fourth-order valence-electron chi connectivity index (χ4n) is 1.82. The lowest BCUT2D eigenvalue weighted by atomic mass is 10.2. The second-order valence-corrected chi connectivity index (χ2v) is 3.89. The molecular weight excluding hydrogens is 250 g/mol. The van der Waals surface area contributed by atoms with Gasteiger partial charge in [-0.1, -0.05) is 30.3 Å². The Morgan fingerprint density at radius 1 is 1.17 bits per heavy atom. The SMILES string of the molecule is Cc1nc2cnc(-c3ccccc3)cn2c1O.Cl. The maximum absolute atomic E-state index is 9.84. The molecule has 3 aromatic rings. The second-order valence-electron chi connectivity index (χ2n) is 3.89. The number of aromatic nitrogens is 3. The summed E-state index contributed by atoms with van der Waals surface area (Å²) in [5.41, 5.74) is 3.09. The van der Waals surface area contributed by atoms with Gasteiger partial charge in [-0.2, -0.15) is 0 Å². The number of imidazole rings is 1. The van der Waals surface area contributed by atoms with Gasteiger partial charge in [-0.15, -0.1) is 12.4 Å². The molecule has 0 saturated carbocycles. The molecule has 3 rings (SSSR count). The minimum Gasteiger partial charge on any atom is -0.493 e. The molecule has 4 nitrogen and oxygen atoms in total. The van der Waals surface area contributed by atoms with Crippen LogP contribution in [0.3, 0.4) is 0 Å². The number of aryl methyl sites for hydroxylation is 1. The summed E-state index contributed by atoms with van der Waals surface area (Å²) in [4.78, 5) is 8.54. The number of nitrogens with zero attached hydrogens (tertiary/aromatic N) is 3. The molecule has 1 aromatic carbocycles. The molecule has 1 N–H and O–H groups in total. The molecule has 92 valence electrons. The van der Waals surface area contributed by atoms with Crippen LogP contribution in [0, 0.1) is 6.92 Å². The monoisotopic (exact) mass is 261 g/mol. The molecule has 2 aromatic heterocycles. The van der Waals surface area contributed by atoms with E-state index in [4.69, 9.17) is 0 Å². The van der Waals surface area contributed by atoms with Crippen LogP contribution in [0.1, 0.15) is 5.69 Å². The van der Waals surface area contributed by atoms with Crippen molar-refractivity contribution in [2.75, 3.05) is 0 Å². The molecule has 0 aliphatic heterocycles. The van der Waals surface area contributed by atoms with E-state index in [2.05, 4.69) is 9.97 Å². The quantitative estimate of drug-likeness (QED) is 0.733. The van der Waals surface area contributed by atoms with Gasteiger partial charge in [-0.05, 0) is 6.92 Å². The van der Waals surface area contributed by atoms with E-state index in [0.717, 1.165) is 11.3 Å². The average Bonchev–Trinajstić information content (AvgIpc) is 2.66. The highest BCUT2D eigenvalue weighted by Gasteiger charge is 2.08. The molecule has 18 heavy (non-hydrogen) atoms. The summed E-state index contributed by atoms with van der Waals surface area (Å²) in [5.74, 6) is 0.166. The van der Waals surface area contributed by atoms with E-state index in [9.17, 15) is 5.11 Å². The van der Waals surface area contributed by atoms with Gasteiger partial charge in [0.05, 0.1) is 11.9 Å². The molecule has 0 amide bonds. The molecule has 5 heteroatoms. The molecule has 0 aliphatic carbocycles. The van der Waals surface area contributed by atoms with Crippen LogP contribution in [0.15, 0.2) is 42.7 Å². The maximum Gasteiger partial charge on any atom is 0.219 e. The van der Waals surface area contributed by atoms with Crippen molar-refractivity contribution < 1.29 is 5.11 Å². The molecule has 0 aliphatic rings. The number of rotatable bonds is 1. The maximum atomic E-state index is 9.84. The van der Waals surface area contributed by atoms with Crippen molar-refractivity contribution in [3.05, 3.63) is 48.4 Å². The molecule has 2 heterocycles. The number of fused-ring (bicyclic) bond motifs is 1. The fraction of sp³-hybridized carbons (Fsp3) is 0.0769. The number of aromatic hydroxyl groups is 1. The molecule has 0 unspecified atom stereocenters. The smallest absolute Gasteiger partial charge is 0.219 e. The molecule has 0 fully saturated rings. The Bertz CT molecular complexity index is 679. The van der Waals surface area contributed by atoms with Gasteiger partial charge < -0.3 is 5.11 Å². The second kappa shape index (κ2) is 4.66. The van der Waals surface area contributed by atoms with Gasteiger partial charge in [-0.3, -0.25) is 9.38 Å². The van der Waals surface area contributed by atoms with Crippen LogP contribution < -0.4 is 0 Å². The summed E-state index contributed by atoms with van der Waals surface area (Å²) < 4.78 is 1.64. The van der Waals surface area contributed by atoms with Crippen molar-refractivity contribution in [3.63, 3.8) is 0 Å². The van der Waals surface area contributed by atoms with E-state index >= 15 is 0 Å². The lowest BCUT2D eigenvalue weighted by molar-refractivity contribution is 0.444. The van der Waals surface area contributed by atoms with Crippen molar-refractivity contribution in [1.29, 1.82) is 0 Å². The third kappa shape index (κ3) is 1.91. The predicted octanol–water partition coefficient (Wildman–Crippen LogP) is 2.83. The Balaban J connectivity index is 0.00000120. The Morgan fingerprint density at radius 2 is 1.89 bits per heavy atom. The van der Waals surface area contributed by atoms with E-state index in [1.54, 1.807) is 23.7 Å². The van der Waals surface area contributed by atoms with Crippen molar-refractivity contribution in [2.24, 2.45) is 0 Å². The van der Waals surface area contributed by atoms with E-state index in [0.29, 0.717) is 11.3 Å². The zero-order valence-corrected chi connectivity index (χ0v) is 10.6. The topological polar surface area (TPSA) is 50.4 Å². The van der Waals surface area contributed by atoms with Crippen LogP contribution in [-0.4, -0.2) is 19.5 Å². The molecule has 0 radical (unpaired) electrons. The highest BCUT2D eigenvalue weighted by Crippen LogP contribution is 2.22. The summed E-state index contributed by atoms with van der Waals surface area (Å²) in [7, 11) is 0. The van der Waals surface area contributed by atoms with E-state index in [1.807, 2.05) is 30.3 Å². The summed E-state index contributed by atoms with van der Waals surface area (Å²) in [6.45, 7) is 1.77. The van der Waals surface area contributed by atoms with Crippen molar-refractivity contribution in [2.45, 2.75) is 6.92 Å². The first kappa shape index (κ1) is 12.4. The lowest BCUT2D eigenvalue weighted by Crippen LogP contribution is -1.90. The van der Waals surface area contributed by atoms with Gasteiger partial charge in [0.25, 0.3) is 0 Å². The zero-order chi connectivity index (χ0) is 11.8. The Morgan fingerprint density at radius 3 is 2.61 bits per heavy atom. The fourth-order valence-corrected chi connectivity index (χ4v) is 1.82. The Kier molecular flexibility index (Phi) is 3.21. The largest absolute Gasteiger partial charge is 0.493 e. The number of hydrogen-bond donors (Lipinski definition) is 1. The van der Waals surface area contributed by atoms with Crippen LogP contribution >= 0.6 is 12.4 Å². The minimum atomic E-state index is 0. The van der Waals surface area contributed by atoms with Crippen LogP contribution in [0.2, 0.25) is 0 Å². The number of hydrogen-bond acceptors (Lipinski definition) is 3. The van der Waals surface area contributed by atoms with Gasteiger partial charge in [0.15, 0.2) is 5.65 Å². The summed E-state index contributed by atoms with van der Waals surface area (Å²) in [5, 5.41) is 9.84. The number of halogens is 1. The first-order chi connectivity index (χ1) is 8.25. The van der Waals surface area contributed by atoms with Gasteiger partial charge >= 0.3 is 0 Å². The minimum absolute atomic E-state index is 0. The van der Waals surface area contributed by atoms with Crippen molar-refractivity contribution >= 4 is 18.1 Å².